The Kier molecular flexibility index (Phi) is 6.61. The van der Waals surface area contributed by atoms with Crippen LogP contribution in [0.5, 0.6) is 0 Å². The predicted molar refractivity (Wildman–Crippen MR) is 107 cm³/mol. The van der Waals surface area contributed by atoms with Crippen molar-refractivity contribution in [2.24, 2.45) is 7.05 Å². The van der Waals surface area contributed by atoms with Gasteiger partial charge in [-0.3, -0.25) is 9.48 Å². The van der Waals surface area contributed by atoms with Gasteiger partial charge >= 0.3 is 8.25 Å². The van der Waals surface area contributed by atoms with Gasteiger partial charge in [-0.25, -0.2) is 4.39 Å². The third-order valence-corrected chi connectivity index (χ3v) is 4.42. The van der Waals surface area contributed by atoms with E-state index in [1.54, 1.807) is 66.5 Å². The lowest BCUT2D eigenvalue weighted by atomic mass is 10.1. The zero-order valence-electron chi connectivity index (χ0n) is 15.4. The highest BCUT2D eigenvalue weighted by Crippen LogP contribution is 2.26. The van der Waals surface area contributed by atoms with Crippen molar-refractivity contribution in [3.8, 4) is 11.3 Å². The van der Waals surface area contributed by atoms with E-state index in [2.05, 4.69) is 14.9 Å². The van der Waals surface area contributed by atoms with Crippen LogP contribution in [0, 0.1) is 5.82 Å². The number of amides is 1. The first-order chi connectivity index (χ1) is 13.9. The summed E-state index contributed by atoms with van der Waals surface area (Å²) in [6.45, 7) is -0.000335. The summed E-state index contributed by atoms with van der Waals surface area (Å²) in [5.74, 6) is -0.735. The highest BCUT2D eigenvalue weighted by atomic mass is 31.1. The molecular weight excluding hydrogens is 396 g/mol. The normalized spacial score (nSPS) is 11.6. The van der Waals surface area contributed by atoms with Gasteiger partial charge in [-0.15, -0.1) is 9.42 Å². The zero-order valence-corrected chi connectivity index (χ0v) is 16.3. The maximum absolute atomic E-state index is 14.1. The Labute approximate surface area is 167 Å². The fourth-order valence-corrected chi connectivity index (χ4v) is 2.98. The highest BCUT2D eigenvalue weighted by Gasteiger charge is 2.13. The van der Waals surface area contributed by atoms with E-state index < -0.39 is 8.25 Å². The van der Waals surface area contributed by atoms with Crippen molar-refractivity contribution in [2.45, 2.75) is 6.61 Å². The summed E-state index contributed by atoms with van der Waals surface area (Å²) in [5, 5.41) is 6.86. The second-order valence-corrected chi connectivity index (χ2v) is 6.82. The summed E-state index contributed by atoms with van der Waals surface area (Å²) in [5.41, 5.74) is 2.82. The van der Waals surface area contributed by atoms with Crippen LogP contribution in [0.3, 0.4) is 0 Å². The van der Waals surface area contributed by atoms with E-state index in [1.807, 2.05) is 0 Å². The number of nitrogens with zero attached hydrogens (tertiary/aromatic N) is 2. The van der Waals surface area contributed by atoms with E-state index >= 15 is 0 Å². The Morgan fingerprint density at radius 3 is 2.69 bits per heavy atom. The van der Waals surface area contributed by atoms with Crippen molar-refractivity contribution in [1.29, 1.82) is 0 Å². The van der Waals surface area contributed by atoms with Crippen LogP contribution < -0.4 is 5.32 Å². The quantitative estimate of drug-likeness (QED) is 0.450. The van der Waals surface area contributed by atoms with E-state index in [9.17, 15) is 13.8 Å². The molecule has 1 aromatic heterocycles. The summed E-state index contributed by atoms with van der Waals surface area (Å²) in [6.07, 6.45) is 4.48. The van der Waals surface area contributed by atoms with Crippen molar-refractivity contribution >= 4 is 25.9 Å². The molecule has 1 atom stereocenters. The van der Waals surface area contributed by atoms with Gasteiger partial charge in [-0.2, -0.15) is 5.10 Å². The van der Waals surface area contributed by atoms with Crippen LogP contribution in [0.4, 0.5) is 10.1 Å². The minimum absolute atomic E-state index is 0.000335. The number of hydrogen-bond donors (Lipinski definition) is 2. The molecule has 0 radical (unpaired) electrons. The van der Waals surface area contributed by atoms with Crippen LogP contribution in [0.1, 0.15) is 11.1 Å². The number of benzene rings is 2. The number of hydrogen-bond acceptors (Lipinski definition) is 4. The van der Waals surface area contributed by atoms with Crippen LogP contribution >= 0.6 is 8.25 Å². The molecule has 148 valence electrons. The fraction of sp³-hybridized carbons (Fsp3) is 0.100. The van der Waals surface area contributed by atoms with Gasteiger partial charge < -0.3 is 5.32 Å². The van der Waals surface area contributed by atoms with E-state index in [-0.39, 0.29) is 18.3 Å². The van der Waals surface area contributed by atoms with Gasteiger partial charge in [-0.05, 0) is 35.9 Å². The van der Waals surface area contributed by atoms with Crippen molar-refractivity contribution in [2.75, 3.05) is 5.32 Å². The van der Waals surface area contributed by atoms with E-state index in [1.165, 1.54) is 12.1 Å². The van der Waals surface area contributed by atoms with Crippen molar-refractivity contribution in [1.82, 2.24) is 9.78 Å². The van der Waals surface area contributed by atoms with Gasteiger partial charge in [0.1, 0.15) is 12.4 Å². The van der Waals surface area contributed by atoms with E-state index in [4.69, 9.17) is 4.89 Å². The first-order valence-corrected chi connectivity index (χ1v) is 9.71. The topological polar surface area (TPSA) is 93.5 Å². The zero-order chi connectivity index (χ0) is 20.8. The number of anilines is 1. The largest absolute Gasteiger partial charge is 0.695 e. The Morgan fingerprint density at radius 1 is 1.28 bits per heavy atom. The van der Waals surface area contributed by atoms with E-state index in [0.717, 1.165) is 0 Å². The lowest BCUT2D eigenvalue weighted by Gasteiger charge is -2.06. The van der Waals surface area contributed by atoms with Crippen LogP contribution in [0.25, 0.3) is 17.3 Å². The third kappa shape index (κ3) is 5.42. The van der Waals surface area contributed by atoms with Gasteiger partial charge in [0.15, 0.2) is 0 Å². The summed E-state index contributed by atoms with van der Waals surface area (Å²) >= 11 is 0. The molecule has 1 amide bonds. The summed E-state index contributed by atoms with van der Waals surface area (Å²) in [7, 11) is -0.946. The molecule has 0 saturated carbocycles. The summed E-state index contributed by atoms with van der Waals surface area (Å²) in [4.78, 5) is 20.9. The molecule has 9 heteroatoms. The molecule has 1 heterocycles. The minimum Gasteiger partial charge on any atom is -0.323 e. The maximum Gasteiger partial charge on any atom is 0.695 e. The molecule has 0 bridgehead atoms. The van der Waals surface area contributed by atoms with Crippen LogP contribution in [-0.2, 0) is 27.5 Å². The van der Waals surface area contributed by atoms with Gasteiger partial charge in [0, 0.05) is 34.5 Å². The molecule has 3 aromatic rings. The molecule has 0 fully saturated rings. The monoisotopic (exact) mass is 414 g/mol. The molecule has 3 rings (SSSR count). The Morgan fingerprint density at radius 2 is 2.00 bits per heavy atom. The maximum atomic E-state index is 14.1. The smallest absolute Gasteiger partial charge is 0.323 e. The molecule has 2 aromatic carbocycles. The van der Waals surface area contributed by atoms with Gasteiger partial charge in [0.2, 0.25) is 5.91 Å². The number of rotatable bonds is 7. The number of halogens is 1. The molecular formula is C20H18FN3O4P+. The summed E-state index contributed by atoms with van der Waals surface area (Å²) < 4.78 is 30.9. The molecule has 0 spiro atoms. The Balaban J connectivity index is 1.69. The number of nitrogens with one attached hydrogen (secondary N) is 1. The predicted octanol–water partition coefficient (Wildman–Crippen LogP) is 4.04. The molecule has 2 N–H and O–H groups in total. The number of aromatic nitrogens is 2. The highest BCUT2D eigenvalue weighted by molar-refractivity contribution is 7.32. The SMILES string of the molecule is Cn1ncc(C=CC(=O)Nc2ccc(CO[P+](=O)O)cc2)c1-c1ccccc1F. The van der Waals surface area contributed by atoms with Crippen molar-refractivity contribution in [3.05, 3.63) is 77.7 Å². The lowest BCUT2D eigenvalue weighted by Crippen LogP contribution is -2.07. The first kappa shape index (κ1) is 20.5. The fourth-order valence-electron chi connectivity index (χ4n) is 2.72. The average Bonchev–Trinajstić information content (AvgIpc) is 3.06. The molecule has 1 unspecified atom stereocenters. The van der Waals surface area contributed by atoms with Crippen LogP contribution in [0.15, 0.2) is 60.8 Å². The minimum atomic E-state index is -2.65. The molecule has 0 saturated heterocycles. The van der Waals surface area contributed by atoms with Gasteiger partial charge in [-0.1, -0.05) is 24.3 Å². The third-order valence-electron chi connectivity index (χ3n) is 4.07. The van der Waals surface area contributed by atoms with Crippen LogP contribution in [-0.4, -0.2) is 20.6 Å². The molecule has 29 heavy (non-hydrogen) atoms. The van der Waals surface area contributed by atoms with Gasteiger partial charge in [0.25, 0.3) is 0 Å². The Hall–Kier alpha value is -3.19. The second kappa shape index (κ2) is 9.34. The Bertz CT molecular complexity index is 1060. The van der Waals surface area contributed by atoms with Crippen molar-refractivity contribution in [3.63, 3.8) is 0 Å². The van der Waals surface area contributed by atoms with Gasteiger partial charge in [0.05, 0.1) is 11.9 Å². The average molecular weight is 414 g/mol. The molecule has 0 aliphatic heterocycles. The number of carbonyl (C=O) groups is 1. The number of carbonyl (C=O) groups excluding carboxylic acids is 1. The molecule has 0 aliphatic rings. The lowest BCUT2D eigenvalue weighted by molar-refractivity contribution is -0.111. The second-order valence-electron chi connectivity index (χ2n) is 6.08. The van der Waals surface area contributed by atoms with E-state index in [0.29, 0.717) is 28.1 Å². The first-order valence-electron chi connectivity index (χ1n) is 8.58. The number of aryl methyl sites for hydroxylation is 1. The van der Waals surface area contributed by atoms with Crippen LogP contribution in [0.2, 0.25) is 0 Å². The standard InChI is InChI=1S/C20H17FN3O4P/c1-24-20(17-4-2-3-5-18(17)21)15(12-22-24)8-11-19(25)23-16-9-6-14(7-10-16)13-28-29(26)27/h2-12H,13H2,1H3,(H-,23,25,26,27)/p+1. The molecule has 7 nitrogen and oxygen atoms in total. The molecule has 0 aliphatic carbocycles. The summed E-state index contributed by atoms with van der Waals surface area (Å²) in [6, 6.07) is 13.0. The van der Waals surface area contributed by atoms with Crippen molar-refractivity contribution < 1.29 is 23.2 Å².